The van der Waals surface area contributed by atoms with Crippen molar-refractivity contribution in [3.63, 3.8) is 0 Å². The molecular formula is C20H26O14. The zero-order valence-corrected chi connectivity index (χ0v) is 18.0. The zero-order chi connectivity index (χ0) is 26.9. The van der Waals surface area contributed by atoms with E-state index in [1.165, 1.54) is 0 Å². The number of hydrogen-bond donors (Lipinski definition) is 5. The summed E-state index contributed by atoms with van der Waals surface area (Å²) in [6.45, 7) is 10.6. The minimum absolute atomic E-state index is 0.406. The average molecular weight is 490 g/mol. The van der Waals surface area contributed by atoms with Crippen LogP contribution in [0, 0.1) is 5.41 Å². The average Bonchev–Trinajstić information content (AvgIpc) is 2.84. The predicted molar refractivity (Wildman–Crippen MR) is 110 cm³/mol. The van der Waals surface area contributed by atoms with E-state index in [1.807, 2.05) is 0 Å². The summed E-state index contributed by atoms with van der Waals surface area (Å²) in [5.74, 6) is -10.9. The van der Waals surface area contributed by atoms with Crippen LogP contribution in [0.5, 0.6) is 0 Å². The van der Waals surface area contributed by atoms with Gasteiger partial charge in [0.15, 0.2) is 0 Å². The first-order chi connectivity index (χ1) is 15.9. The van der Waals surface area contributed by atoms with Crippen LogP contribution >= 0.6 is 0 Å². The van der Waals surface area contributed by atoms with Gasteiger partial charge in [-0.1, -0.05) is 26.3 Å². The predicted octanol–water partition coefficient (Wildman–Crippen LogP) is -2.05. The molecule has 0 bridgehead atoms. The van der Waals surface area contributed by atoms with E-state index in [4.69, 9.17) is 20.4 Å². The highest BCUT2D eigenvalue weighted by molar-refractivity contribution is 5.91. The zero-order valence-electron chi connectivity index (χ0n) is 18.0. The summed E-state index contributed by atoms with van der Waals surface area (Å²) in [4.78, 5) is 57.4. The second kappa shape index (κ2) is 15.9. The van der Waals surface area contributed by atoms with Gasteiger partial charge in [0.05, 0.1) is 31.8 Å². The van der Waals surface area contributed by atoms with E-state index >= 15 is 0 Å². The van der Waals surface area contributed by atoms with Crippen LogP contribution in [-0.2, 0) is 42.9 Å². The van der Waals surface area contributed by atoms with Gasteiger partial charge in [-0.3, -0.25) is 0 Å². The molecule has 0 unspecified atom stereocenters. The van der Waals surface area contributed by atoms with Crippen LogP contribution in [0.2, 0.25) is 0 Å². The Morgan fingerprint density at radius 2 is 0.941 bits per heavy atom. The van der Waals surface area contributed by atoms with Gasteiger partial charge in [-0.05, 0) is 0 Å². The van der Waals surface area contributed by atoms with Crippen LogP contribution in [0.1, 0.15) is 0 Å². The maximum Gasteiger partial charge on any atom is 0.432 e. The number of aliphatic hydroxyl groups is 4. The molecular weight excluding hydrogens is 464 g/mol. The molecule has 0 aliphatic heterocycles. The van der Waals surface area contributed by atoms with Crippen molar-refractivity contribution in [3.8, 4) is 0 Å². The molecule has 0 aliphatic carbocycles. The Bertz CT molecular complexity index is 719. The lowest BCUT2D eigenvalue weighted by Crippen LogP contribution is -2.58. The second-order valence-electron chi connectivity index (χ2n) is 5.97. The van der Waals surface area contributed by atoms with Crippen LogP contribution in [0.15, 0.2) is 50.6 Å². The molecule has 0 saturated carbocycles. The summed E-state index contributed by atoms with van der Waals surface area (Å²) in [6, 6.07) is 0. The van der Waals surface area contributed by atoms with Crippen LogP contribution in [0.25, 0.3) is 0 Å². The minimum Gasteiger partial charge on any atom is -0.475 e. The molecule has 0 atom stereocenters. The van der Waals surface area contributed by atoms with Gasteiger partial charge in [0, 0.05) is 24.3 Å². The molecule has 34 heavy (non-hydrogen) atoms. The first kappa shape index (κ1) is 32.3. The highest BCUT2D eigenvalue weighted by Crippen LogP contribution is 2.25. The number of carboxylic acids is 1. The number of hydrogen-bond acceptors (Lipinski definition) is 13. The lowest BCUT2D eigenvalue weighted by atomic mass is 9.93. The second-order valence-corrected chi connectivity index (χ2v) is 5.97. The van der Waals surface area contributed by atoms with E-state index in [0.29, 0.717) is 24.3 Å². The number of carbonyl (C=O) groups is 5. The standard InChI is InChI=1S/C15H14O10.C5H12O4/c1-5-9(16)22-14(23-10(17)6-2)15(13(20)21,24-11(18)7-3)25-12(19)8-4;6-1-5(2-7,3-8)4-9/h5-8,14H,1-4H2,(H,20,21);6-9H,1-4H2. The number of carbonyl (C=O) groups excluding carboxylic acids is 4. The van der Waals surface area contributed by atoms with Gasteiger partial charge < -0.3 is 44.5 Å². The molecule has 0 rings (SSSR count). The molecule has 0 heterocycles. The van der Waals surface area contributed by atoms with Crippen LogP contribution in [0.4, 0.5) is 0 Å². The van der Waals surface area contributed by atoms with Crippen molar-refractivity contribution >= 4 is 29.8 Å². The van der Waals surface area contributed by atoms with Crippen LogP contribution in [0.3, 0.4) is 0 Å². The number of esters is 4. The summed E-state index contributed by atoms with van der Waals surface area (Å²) in [6.07, 6.45) is -0.297. The molecule has 14 nitrogen and oxygen atoms in total. The molecule has 14 heteroatoms. The Kier molecular flexibility index (Phi) is 15.1. The van der Waals surface area contributed by atoms with Crippen molar-refractivity contribution in [2.45, 2.75) is 12.1 Å². The van der Waals surface area contributed by atoms with E-state index in [2.05, 4.69) is 45.3 Å². The molecule has 5 N–H and O–H groups in total. The fourth-order valence-corrected chi connectivity index (χ4v) is 1.47. The number of carboxylic acid groups (broad SMARTS) is 1. The van der Waals surface area contributed by atoms with Crippen molar-refractivity contribution in [2.75, 3.05) is 26.4 Å². The molecule has 0 radical (unpaired) electrons. The molecule has 0 aromatic rings. The fourth-order valence-electron chi connectivity index (χ4n) is 1.47. The number of aliphatic hydroxyl groups excluding tert-OH is 4. The molecule has 190 valence electrons. The monoisotopic (exact) mass is 490 g/mol. The highest BCUT2D eigenvalue weighted by Gasteiger charge is 2.59. The lowest BCUT2D eigenvalue weighted by molar-refractivity contribution is -0.300. The van der Waals surface area contributed by atoms with Crippen molar-refractivity contribution < 1.29 is 68.5 Å². The van der Waals surface area contributed by atoms with Gasteiger partial charge in [0.25, 0.3) is 0 Å². The SMILES string of the molecule is C=CC(=O)OC(OC(=O)C=C)C(OC(=O)C=C)(OC(=O)C=C)C(=O)O.OCC(CO)(CO)CO. The Labute approximate surface area is 193 Å². The summed E-state index contributed by atoms with van der Waals surface area (Å²) in [7, 11) is 0. The van der Waals surface area contributed by atoms with Gasteiger partial charge in [0.2, 0.25) is 0 Å². The number of rotatable bonds is 14. The third-order valence-corrected chi connectivity index (χ3v) is 3.57. The Morgan fingerprint density at radius 3 is 1.12 bits per heavy atom. The van der Waals surface area contributed by atoms with E-state index in [1.54, 1.807) is 0 Å². The van der Waals surface area contributed by atoms with Crippen molar-refractivity contribution in [1.29, 1.82) is 0 Å². The van der Waals surface area contributed by atoms with E-state index < -0.39 is 73.8 Å². The van der Waals surface area contributed by atoms with Crippen molar-refractivity contribution in [2.24, 2.45) is 5.41 Å². The van der Waals surface area contributed by atoms with E-state index in [-0.39, 0.29) is 0 Å². The molecule has 0 saturated heterocycles. The first-order valence-corrected chi connectivity index (χ1v) is 8.95. The van der Waals surface area contributed by atoms with Crippen LogP contribution < -0.4 is 0 Å². The first-order valence-electron chi connectivity index (χ1n) is 8.95. The molecule has 0 spiro atoms. The van der Waals surface area contributed by atoms with E-state index in [0.717, 1.165) is 0 Å². The van der Waals surface area contributed by atoms with Crippen molar-refractivity contribution in [3.05, 3.63) is 50.6 Å². The minimum atomic E-state index is -3.38. The normalized spacial score (nSPS) is 10.5. The molecule has 0 aromatic carbocycles. The Balaban J connectivity index is 0. The molecule has 0 fully saturated rings. The Morgan fingerprint density at radius 1 is 0.647 bits per heavy atom. The maximum atomic E-state index is 11.6. The van der Waals surface area contributed by atoms with Gasteiger partial charge in [-0.25, -0.2) is 24.0 Å². The summed E-state index contributed by atoms with van der Waals surface area (Å²) in [5, 5.41) is 43.4. The topological polar surface area (TPSA) is 223 Å². The summed E-state index contributed by atoms with van der Waals surface area (Å²) < 4.78 is 18.1. The maximum absolute atomic E-state index is 11.6. The van der Waals surface area contributed by atoms with E-state index in [9.17, 15) is 29.1 Å². The molecule has 0 aliphatic rings. The third kappa shape index (κ3) is 9.74. The van der Waals surface area contributed by atoms with Gasteiger partial charge >= 0.3 is 41.9 Å². The lowest BCUT2D eigenvalue weighted by Gasteiger charge is -2.32. The molecule has 0 amide bonds. The third-order valence-electron chi connectivity index (χ3n) is 3.57. The number of ether oxygens (including phenoxy) is 4. The summed E-state index contributed by atoms with van der Waals surface area (Å²) in [5.41, 5.74) is -1.11. The highest BCUT2D eigenvalue weighted by atomic mass is 16.8. The van der Waals surface area contributed by atoms with Gasteiger partial charge in [-0.15, -0.1) is 0 Å². The van der Waals surface area contributed by atoms with Crippen molar-refractivity contribution in [1.82, 2.24) is 0 Å². The smallest absolute Gasteiger partial charge is 0.432 e. The number of aliphatic carboxylic acids is 1. The summed E-state index contributed by atoms with van der Waals surface area (Å²) >= 11 is 0. The Hall–Kier alpha value is -3.85. The molecule has 0 aromatic heterocycles. The quantitative estimate of drug-likeness (QED) is 0.100. The van der Waals surface area contributed by atoms with Crippen LogP contribution in [-0.4, -0.2) is 93.9 Å². The largest absolute Gasteiger partial charge is 0.475 e. The fraction of sp³-hybridized carbons (Fsp3) is 0.350. The van der Waals surface area contributed by atoms with Gasteiger partial charge in [-0.2, -0.15) is 0 Å². The van der Waals surface area contributed by atoms with Gasteiger partial charge in [0.1, 0.15) is 0 Å².